The molecule has 5 nitrogen and oxygen atoms in total. The highest BCUT2D eigenvalue weighted by Crippen LogP contribution is 2.58. The molecule has 1 N–H and O–H groups in total. The van der Waals surface area contributed by atoms with E-state index in [0.29, 0.717) is 5.57 Å². The zero-order valence-electron chi connectivity index (χ0n) is 15.6. The van der Waals surface area contributed by atoms with Crippen molar-refractivity contribution in [3.05, 3.63) is 34.2 Å². The van der Waals surface area contributed by atoms with Gasteiger partial charge in [0, 0.05) is 11.1 Å². The van der Waals surface area contributed by atoms with Crippen molar-refractivity contribution in [1.82, 2.24) is 5.32 Å². The fourth-order valence-electron chi connectivity index (χ4n) is 5.62. The van der Waals surface area contributed by atoms with Gasteiger partial charge in [-0.25, -0.2) is 0 Å². The molecular formula is C21H22N2O3S. The minimum atomic E-state index is -0.456. The third-order valence-electron chi connectivity index (χ3n) is 6.55. The summed E-state index contributed by atoms with van der Waals surface area (Å²) >= 11 is 0.845. The minimum absolute atomic E-state index is 0.0412. The lowest BCUT2D eigenvalue weighted by atomic mass is 9.64. The van der Waals surface area contributed by atoms with Crippen molar-refractivity contribution in [3.8, 4) is 0 Å². The molecule has 4 aliphatic rings. The number of carbonyl (C=O) groups is 3. The maximum absolute atomic E-state index is 13.7. The van der Waals surface area contributed by atoms with Gasteiger partial charge >= 0.3 is 0 Å². The second-order valence-electron chi connectivity index (χ2n) is 8.74. The Morgan fingerprint density at radius 1 is 1.07 bits per heavy atom. The molecule has 3 aliphatic heterocycles. The summed E-state index contributed by atoms with van der Waals surface area (Å²) in [6.45, 7) is 4.51. The average Bonchev–Trinajstić information content (AvgIpc) is 3.09. The van der Waals surface area contributed by atoms with Crippen LogP contribution in [0, 0.1) is 0 Å². The summed E-state index contributed by atoms with van der Waals surface area (Å²) < 4.78 is 0. The monoisotopic (exact) mass is 382 g/mol. The van der Waals surface area contributed by atoms with Crippen LogP contribution in [0.25, 0.3) is 5.57 Å². The first-order chi connectivity index (χ1) is 12.8. The van der Waals surface area contributed by atoms with E-state index in [4.69, 9.17) is 0 Å². The summed E-state index contributed by atoms with van der Waals surface area (Å²) in [6.07, 6.45) is 6.38. The zero-order valence-corrected chi connectivity index (χ0v) is 16.4. The number of benzene rings is 1. The van der Waals surface area contributed by atoms with Gasteiger partial charge in [0.1, 0.15) is 0 Å². The van der Waals surface area contributed by atoms with Crippen LogP contribution in [0.1, 0.15) is 63.5 Å². The smallest absolute Gasteiger partial charge is 0.290 e. The molecule has 6 heteroatoms. The highest BCUT2D eigenvalue weighted by atomic mass is 32.2. The summed E-state index contributed by atoms with van der Waals surface area (Å²) in [6, 6.07) is 5.99. The van der Waals surface area contributed by atoms with E-state index < -0.39 is 11.1 Å². The molecule has 5 rings (SSSR count). The number of carbonyl (C=O) groups excluding carboxylic acids is 3. The first-order valence-corrected chi connectivity index (χ1v) is 10.4. The SMILES string of the molecule is CC1(C)CC2(CCCCC2)N2C(=O)/C(=C3/SC(=O)NC3=O)c3cccc1c32. The molecule has 1 spiro atoms. The van der Waals surface area contributed by atoms with Crippen LogP contribution in [0.2, 0.25) is 0 Å². The van der Waals surface area contributed by atoms with Crippen LogP contribution in [0.5, 0.6) is 0 Å². The van der Waals surface area contributed by atoms with Crippen molar-refractivity contribution in [2.45, 2.75) is 63.3 Å². The minimum Gasteiger partial charge on any atom is -0.301 e. The Hall–Kier alpha value is -2.08. The highest BCUT2D eigenvalue weighted by molar-refractivity contribution is 8.18. The number of amides is 3. The van der Waals surface area contributed by atoms with Gasteiger partial charge < -0.3 is 4.90 Å². The molecule has 1 aromatic rings. The molecule has 0 atom stereocenters. The van der Waals surface area contributed by atoms with E-state index in [9.17, 15) is 14.4 Å². The van der Waals surface area contributed by atoms with Gasteiger partial charge in [-0.15, -0.1) is 0 Å². The number of thioether (sulfide) groups is 1. The predicted molar refractivity (Wildman–Crippen MR) is 105 cm³/mol. The standard InChI is InChI=1S/C21H22N2O3S/c1-20(2)11-21(9-4-3-5-10-21)23-15-12(7-6-8-13(15)20)14(18(23)25)16-17(24)22-19(26)27-16/h6-8H,3-5,9-11H2,1-2H3,(H,22,24,26)/b16-14+. The molecule has 140 valence electrons. The van der Waals surface area contributed by atoms with Crippen molar-refractivity contribution >= 4 is 40.1 Å². The van der Waals surface area contributed by atoms with Crippen LogP contribution in [0.4, 0.5) is 10.5 Å². The average molecular weight is 382 g/mol. The van der Waals surface area contributed by atoms with Gasteiger partial charge in [-0.3, -0.25) is 19.7 Å². The lowest BCUT2D eigenvalue weighted by Crippen LogP contribution is -2.57. The van der Waals surface area contributed by atoms with Crippen molar-refractivity contribution in [3.63, 3.8) is 0 Å². The molecule has 1 aliphatic carbocycles. The largest absolute Gasteiger partial charge is 0.301 e. The molecule has 2 fully saturated rings. The zero-order chi connectivity index (χ0) is 19.0. The fraction of sp³-hybridized carbons (Fsp3) is 0.476. The van der Waals surface area contributed by atoms with Crippen molar-refractivity contribution < 1.29 is 14.4 Å². The Kier molecular flexibility index (Phi) is 3.46. The van der Waals surface area contributed by atoms with Crippen molar-refractivity contribution in [1.29, 1.82) is 0 Å². The highest BCUT2D eigenvalue weighted by Gasteiger charge is 2.55. The van der Waals surface area contributed by atoms with E-state index in [0.717, 1.165) is 60.7 Å². The van der Waals surface area contributed by atoms with Gasteiger partial charge in [0.05, 0.1) is 16.2 Å². The normalized spacial score (nSPS) is 27.9. The Morgan fingerprint density at radius 2 is 1.81 bits per heavy atom. The number of fused-ring (bicyclic) bond motifs is 1. The number of para-hydroxylation sites is 1. The molecule has 3 amide bonds. The van der Waals surface area contributed by atoms with E-state index in [1.807, 2.05) is 17.0 Å². The van der Waals surface area contributed by atoms with E-state index in [2.05, 4.69) is 25.2 Å². The molecule has 1 saturated heterocycles. The van der Waals surface area contributed by atoms with Gasteiger partial charge in [0.2, 0.25) is 0 Å². The van der Waals surface area contributed by atoms with E-state index in [1.165, 1.54) is 6.42 Å². The third-order valence-corrected chi connectivity index (χ3v) is 7.43. The van der Waals surface area contributed by atoms with E-state index >= 15 is 0 Å². The number of imide groups is 1. The Labute approximate surface area is 162 Å². The second kappa shape index (κ2) is 5.47. The number of nitrogens with one attached hydrogen (secondary N) is 1. The Bertz CT molecular complexity index is 941. The lowest BCUT2D eigenvalue weighted by molar-refractivity contribution is -0.117. The first kappa shape index (κ1) is 17.0. The molecule has 0 radical (unpaired) electrons. The van der Waals surface area contributed by atoms with Gasteiger partial charge in [-0.2, -0.15) is 0 Å². The molecule has 0 unspecified atom stereocenters. The Balaban J connectivity index is 1.79. The van der Waals surface area contributed by atoms with Crippen molar-refractivity contribution in [2.75, 3.05) is 4.90 Å². The van der Waals surface area contributed by atoms with Crippen LogP contribution in [0.15, 0.2) is 23.1 Å². The molecule has 3 heterocycles. The maximum Gasteiger partial charge on any atom is 0.290 e. The predicted octanol–water partition coefficient (Wildman–Crippen LogP) is 4.11. The summed E-state index contributed by atoms with van der Waals surface area (Å²) in [5, 5.41) is 1.89. The van der Waals surface area contributed by atoms with Gasteiger partial charge in [-0.05, 0) is 42.0 Å². The molecular weight excluding hydrogens is 360 g/mol. The number of anilines is 1. The van der Waals surface area contributed by atoms with Crippen LogP contribution in [0.3, 0.4) is 0 Å². The topological polar surface area (TPSA) is 66.5 Å². The van der Waals surface area contributed by atoms with E-state index in [-0.39, 0.29) is 21.8 Å². The lowest BCUT2D eigenvalue weighted by Gasteiger charge is -2.53. The number of rotatable bonds is 0. The number of hydrogen-bond acceptors (Lipinski definition) is 4. The maximum atomic E-state index is 13.7. The van der Waals surface area contributed by atoms with Crippen LogP contribution in [-0.2, 0) is 15.0 Å². The second-order valence-corrected chi connectivity index (χ2v) is 9.72. The molecule has 27 heavy (non-hydrogen) atoms. The Morgan fingerprint density at radius 3 is 2.48 bits per heavy atom. The van der Waals surface area contributed by atoms with Gasteiger partial charge in [0.25, 0.3) is 17.1 Å². The summed E-state index contributed by atoms with van der Waals surface area (Å²) in [5.74, 6) is -0.565. The van der Waals surface area contributed by atoms with Gasteiger partial charge in [-0.1, -0.05) is 51.3 Å². The molecule has 0 bridgehead atoms. The molecule has 1 saturated carbocycles. The third kappa shape index (κ3) is 2.22. The quantitative estimate of drug-likeness (QED) is 0.686. The van der Waals surface area contributed by atoms with Gasteiger partial charge in [0.15, 0.2) is 0 Å². The summed E-state index contributed by atoms with van der Waals surface area (Å²) in [5.41, 5.74) is 3.12. The number of hydrogen-bond donors (Lipinski definition) is 1. The van der Waals surface area contributed by atoms with E-state index in [1.54, 1.807) is 0 Å². The number of nitrogens with zero attached hydrogens (tertiary/aromatic N) is 1. The fourth-order valence-corrected chi connectivity index (χ4v) is 6.39. The molecule has 1 aromatic carbocycles. The first-order valence-electron chi connectivity index (χ1n) is 9.60. The van der Waals surface area contributed by atoms with Crippen LogP contribution in [-0.4, -0.2) is 22.6 Å². The van der Waals surface area contributed by atoms with Crippen LogP contribution >= 0.6 is 11.8 Å². The van der Waals surface area contributed by atoms with Crippen molar-refractivity contribution in [2.24, 2.45) is 0 Å². The molecule has 0 aromatic heterocycles. The summed E-state index contributed by atoms with van der Waals surface area (Å²) in [4.78, 5) is 40.0. The summed E-state index contributed by atoms with van der Waals surface area (Å²) in [7, 11) is 0. The van der Waals surface area contributed by atoms with Crippen LogP contribution < -0.4 is 10.2 Å².